The number of benzene rings is 1. The van der Waals surface area contributed by atoms with Crippen LogP contribution in [0.5, 0.6) is 0 Å². The van der Waals surface area contributed by atoms with Gasteiger partial charge in [0.25, 0.3) is 0 Å². The number of quaternary nitrogens is 1. The van der Waals surface area contributed by atoms with E-state index in [1.807, 2.05) is 18.2 Å². The summed E-state index contributed by atoms with van der Waals surface area (Å²) >= 11 is 0. The maximum atomic E-state index is 14.0. The van der Waals surface area contributed by atoms with E-state index in [0.717, 1.165) is 73.9 Å². The summed E-state index contributed by atoms with van der Waals surface area (Å²) in [6, 6.07) is 10.3. The zero-order valence-electron chi connectivity index (χ0n) is 20.7. The Hall–Kier alpha value is -2.60. The van der Waals surface area contributed by atoms with Crippen molar-refractivity contribution in [1.29, 1.82) is 0 Å². The van der Waals surface area contributed by atoms with Crippen molar-refractivity contribution in [3.05, 3.63) is 60.2 Å². The van der Waals surface area contributed by atoms with E-state index in [4.69, 9.17) is 4.74 Å². The number of hydrogen-bond donors (Lipinski definition) is 0. The van der Waals surface area contributed by atoms with Gasteiger partial charge in [0.05, 0.1) is 30.6 Å². The number of esters is 1. The summed E-state index contributed by atoms with van der Waals surface area (Å²) in [6.45, 7) is 3.23. The maximum Gasteiger partial charge on any atom is 0.317 e. The number of nitrogens with zero attached hydrogens (tertiary/aromatic N) is 3. The summed E-state index contributed by atoms with van der Waals surface area (Å²) in [7, 11) is 0. The molecule has 0 unspecified atom stereocenters. The quantitative estimate of drug-likeness (QED) is 0.437. The number of ketones is 1. The predicted molar refractivity (Wildman–Crippen MR) is 134 cm³/mol. The van der Waals surface area contributed by atoms with Crippen LogP contribution in [0.15, 0.2) is 48.9 Å². The standard InChI is InChI=1S/C29H38N3O3/c33-26(19-25-20-30-15-16-31-25)21-32-17-11-23(12-18-32)27(22-32)35-28(34)29(24-9-5-4-6-10-24)13-7-2-1-3-8-14-29/h4-6,9-10,15-16,20,23,27H,1-3,7-8,11-14,17-19,21-22H2/q+1/t23?,27-,32?/m0/s1. The minimum atomic E-state index is -0.541. The van der Waals surface area contributed by atoms with E-state index in [-0.39, 0.29) is 17.9 Å². The largest absolute Gasteiger partial charge is 0.455 e. The number of piperidine rings is 3. The van der Waals surface area contributed by atoms with Crippen molar-refractivity contribution in [3.8, 4) is 0 Å². The molecule has 1 aromatic carbocycles. The summed E-state index contributed by atoms with van der Waals surface area (Å²) < 4.78 is 7.20. The third kappa shape index (κ3) is 5.32. The predicted octanol–water partition coefficient (Wildman–Crippen LogP) is 4.42. The number of aromatic nitrogens is 2. The second kappa shape index (κ2) is 10.6. The molecule has 1 atom stereocenters. The molecule has 1 aromatic heterocycles. The second-order valence-corrected chi connectivity index (χ2v) is 11.0. The average molecular weight is 477 g/mol. The van der Waals surface area contributed by atoms with Gasteiger partial charge in [0.15, 0.2) is 11.9 Å². The number of carbonyl (C=O) groups is 2. The molecule has 4 aliphatic rings. The fourth-order valence-corrected chi connectivity index (χ4v) is 6.76. The molecule has 6 nitrogen and oxygen atoms in total. The molecule has 6 rings (SSSR count). The lowest BCUT2D eigenvalue weighted by Crippen LogP contribution is -2.66. The van der Waals surface area contributed by atoms with E-state index in [1.165, 1.54) is 19.3 Å². The van der Waals surface area contributed by atoms with Gasteiger partial charge in [-0.2, -0.15) is 0 Å². The van der Waals surface area contributed by atoms with Gasteiger partial charge in [0.2, 0.25) is 0 Å². The normalized spacial score (nSPS) is 28.0. The minimum Gasteiger partial charge on any atom is -0.455 e. The Morgan fingerprint density at radius 2 is 1.69 bits per heavy atom. The van der Waals surface area contributed by atoms with Gasteiger partial charge in [-0.3, -0.25) is 19.6 Å². The molecule has 6 heteroatoms. The van der Waals surface area contributed by atoms with Crippen LogP contribution >= 0.6 is 0 Å². The fourth-order valence-electron chi connectivity index (χ4n) is 6.76. The SMILES string of the molecule is O=C(Cc1cnccn1)C[N+]12CCC(CC1)[C@@H](OC(=O)C1(c3ccccc3)CCCCCCC1)C2. The fraction of sp³-hybridized carbons (Fsp3) is 0.586. The molecule has 2 bridgehead atoms. The van der Waals surface area contributed by atoms with Crippen LogP contribution in [0, 0.1) is 5.92 Å². The van der Waals surface area contributed by atoms with E-state index in [9.17, 15) is 9.59 Å². The van der Waals surface area contributed by atoms with E-state index in [1.54, 1.807) is 18.6 Å². The van der Waals surface area contributed by atoms with Crippen LogP contribution in [0.1, 0.15) is 69.0 Å². The number of Topliss-reactive ketones (excluding diaryl/α,β-unsaturated/α-hetero) is 1. The van der Waals surface area contributed by atoms with E-state index < -0.39 is 5.41 Å². The van der Waals surface area contributed by atoms with Crippen LogP contribution in [0.25, 0.3) is 0 Å². The van der Waals surface area contributed by atoms with Crippen LogP contribution in [-0.2, 0) is 26.2 Å². The first-order chi connectivity index (χ1) is 17.1. The summed E-state index contributed by atoms with van der Waals surface area (Å²) in [5, 5.41) is 0. The van der Waals surface area contributed by atoms with Gasteiger partial charge in [0, 0.05) is 37.4 Å². The molecule has 0 spiro atoms. The van der Waals surface area contributed by atoms with Crippen molar-refractivity contribution in [2.24, 2.45) is 5.92 Å². The third-order valence-electron chi connectivity index (χ3n) is 8.73. The third-order valence-corrected chi connectivity index (χ3v) is 8.73. The van der Waals surface area contributed by atoms with Gasteiger partial charge in [-0.15, -0.1) is 0 Å². The maximum absolute atomic E-state index is 14.0. The molecule has 3 aliphatic heterocycles. The molecule has 3 saturated heterocycles. The monoisotopic (exact) mass is 476 g/mol. The Labute approximate surface area is 208 Å². The highest BCUT2D eigenvalue weighted by Gasteiger charge is 2.50. The van der Waals surface area contributed by atoms with Crippen LogP contribution in [0.4, 0.5) is 0 Å². The number of ether oxygens (including phenoxy) is 1. The molecule has 0 amide bonds. The number of hydrogen-bond acceptors (Lipinski definition) is 5. The molecule has 186 valence electrons. The lowest BCUT2D eigenvalue weighted by Gasteiger charge is -2.52. The number of fused-ring (bicyclic) bond motifs is 3. The van der Waals surface area contributed by atoms with Gasteiger partial charge < -0.3 is 9.22 Å². The molecule has 1 saturated carbocycles. The molecule has 4 heterocycles. The van der Waals surface area contributed by atoms with Crippen molar-refractivity contribution in [1.82, 2.24) is 9.97 Å². The first-order valence-corrected chi connectivity index (χ1v) is 13.5. The topological polar surface area (TPSA) is 69.2 Å². The minimum absolute atomic E-state index is 0.0339. The summed E-state index contributed by atoms with van der Waals surface area (Å²) in [5.41, 5.74) is 1.29. The second-order valence-electron chi connectivity index (χ2n) is 11.0. The number of carbonyl (C=O) groups excluding carboxylic acids is 2. The van der Waals surface area contributed by atoms with Crippen molar-refractivity contribution in [3.63, 3.8) is 0 Å². The van der Waals surface area contributed by atoms with Crippen molar-refractivity contribution in [2.75, 3.05) is 26.2 Å². The van der Waals surface area contributed by atoms with Gasteiger partial charge in [-0.05, 0) is 18.4 Å². The lowest BCUT2D eigenvalue weighted by molar-refractivity contribution is -0.939. The average Bonchev–Trinajstić information content (AvgIpc) is 2.85. The Morgan fingerprint density at radius 3 is 2.37 bits per heavy atom. The van der Waals surface area contributed by atoms with E-state index in [2.05, 4.69) is 22.1 Å². The van der Waals surface area contributed by atoms with Crippen molar-refractivity contribution < 1.29 is 18.8 Å². The van der Waals surface area contributed by atoms with Crippen molar-refractivity contribution >= 4 is 11.8 Å². The Bertz CT molecular complexity index is 994. The molecule has 2 aromatic rings. The highest BCUT2D eigenvalue weighted by Crippen LogP contribution is 2.41. The van der Waals surface area contributed by atoms with Gasteiger partial charge in [0.1, 0.15) is 13.1 Å². The molecule has 0 radical (unpaired) electrons. The van der Waals surface area contributed by atoms with Crippen LogP contribution in [0.3, 0.4) is 0 Å². The molecule has 4 fully saturated rings. The highest BCUT2D eigenvalue weighted by molar-refractivity contribution is 5.83. The molecule has 35 heavy (non-hydrogen) atoms. The summed E-state index contributed by atoms with van der Waals surface area (Å²) in [6.07, 6.45) is 14.7. The van der Waals surface area contributed by atoms with Gasteiger partial charge in [-0.25, -0.2) is 0 Å². The van der Waals surface area contributed by atoms with Crippen molar-refractivity contribution in [2.45, 2.75) is 75.7 Å². The zero-order chi connectivity index (χ0) is 24.1. The smallest absolute Gasteiger partial charge is 0.317 e. The van der Waals surface area contributed by atoms with E-state index in [0.29, 0.717) is 18.9 Å². The molecular formula is C29H38N3O3+. The summed E-state index contributed by atoms with van der Waals surface area (Å²) in [4.78, 5) is 35.3. The van der Waals surface area contributed by atoms with Crippen LogP contribution < -0.4 is 0 Å². The number of rotatable bonds is 7. The van der Waals surface area contributed by atoms with Gasteiger partial charge >= 0.3 is 5.97 Å². The molecule has 0 N–H and O–H groups in total. The van der Waals surface area contributed by atoms with Crippen LogP contribution in [0.2, 0.25) is 0 Å². The highest BCUT2D eigenvalue weighted by atomic mass is 16.5. The zero-order valence-corrected chi connectivity index (χ0v) is 20.7. The Kier molecular flexibility index (Phi) is 7.28. The Morgan fingerprint density at radius 1 is 0.971 bits per heavy atom. The Balaban J connectivity index is 1.30. The summed E-state index contributed by atoms with van der Waals surface area (Å²) in [5.74, 6) is 0.570. The molecular weight excluding hydrogens is 438 g/mol. The molecule has 1 aliphatic carbocycles. The van der Waals surface area contributed by atoms with Gasteiger partial charge in [-0.1, -0.05) is 62.4 Å². The van der Waals surface area contributed by atoms with Crippen LogP contribution in [-0.4, -0.2) is 58.5 Å². The first-order valence-electron chi connectivity index (χ1n) is 13.5. The lowest BCUT2D eigenvalue weighted by atomic mass is 9.71. The first kappa shape index (κ1) is 24.1. The van der Waals surface area contributed by atoms with E-state index >= 15 is 0 Å².